The van der Waals surface area contributed by atoms with Crippen molar-refractivity contribution in [2.24, 2.45) is 0 Å². The minimum Gasteiger partial charge on any atom is -0.507 e. The van der Waals surface area contributed by atoms with Gasteiger partial charge in [0.05, 0.1) is 14.7 Å². The standard InChI is InChI=1S/C15H11IO5/c16-12-7-9(5-6-13(12)17)8-21-15(20)11-4-2-1-3-10(11)14(18)19/h1-7,17H,8H2,(H,18,19). The molecule has 0 spiro atoms. The molecule has 108 valence electrons. The van der Waals surface area contributed by atoms with E-state index < -0.39 is 11.9 Å². The van der Waals surface area contributed by atoms with Crippen LogP contribution in [0.1, 0.15) is 26.3 Å². The number of esters is 1. The molecule has 0 unspecified atom stereocenters. The van der Waals surface area contributed by atoms with Crippen molar-refractivity contribution in [3.63, 3.8) is 0 Å². The molecule has 0 aromatic heterocycles. The Balaban J connectivity index is 2.12. The van der Waals surface area contributed by atoms with E-state index in [0.717, 1.165) is 0 Å². The van der Waals surface area contributed by atoms with Gasteiger partial charge in [0.15, 0.2) is 0 Å². The van der Waals surface area contributed by atoms with Crippen LogP contribution in [-0.2, 0) is 11.3 Å². The summed E-state index contributed by atoms with van der Waals surface area (Å²) in [6, 6.07) is 10.7. The van der Waals surface area contributed by atoms with E-state index in [-0.39, 0.29) is 23.5 Å². The van der Waals surface area contributed by atoms with Gasteiger partial charge in [-0.2, -0.15) is 0 Å². The quantitative estimate of drug-likeness (QED) is 0.611. The fraction of sp³-hybridized carbons (Fsp3) is 0.0667. The molecule has 0 bridgehead atoms. The number of hydrogen-bond donors (Lipinski definition) is 2. The Labute approximate surface area is 134 Å². The Kier molecular flexibility index (Phi) is 4.79. The van der Waals surface area contributed by atoms with Crippen molar-refractivity contribution >= 4 is 34.5 Å². The highest BCUT2D eigenvalue weighted by Crippen LogP contribution is 2.21. The van der Waals surface area contributed by atoms with Crippen LogP contribution in [0.15, 0.2) is 42.5 Å². The summed E-state index contributed by atoms with van der Waals surface area (Å²) < 4.78 is 5.76. The first-order chi connectivity index (χ1) is 9.99. The van der Waals surface area contributed by atoms with Crippen molar-refractivity contribution in [3.05, 3.63) is 62.7 Å². The van der Waals surface area contributed by atoms with Crippen molar-refractivity contribution in [1.82, 2.24) is 0 Å². The van der Waals surface area contributed by atoms with Crippen molar-refractivity contribution in [3.8, 4) is 5.75 Å². The number of carbonyl (C=O) groups is 2. The molecule has 0 heterocycles. The fourth-order valence-corrected chi connectivity index (χ4v) is 2.29. The van der Waals surface area contributed by atoms with Crippen LogP contribution in [0.4, 0.5) is 0 Å². The first-order valence-corrected chi connectivity index (χ1v) is 7.03. The number of halogens is 1. The molecule has 2 rings (SSSR count). The lowest BCUT2D eigenvalue weighted by atomic mass is 10.1. The van der Waals surface area contributed by atoms with Gasteiger partial charge >= 0.3 is 11.9 Å². The molecule has 6 heteroatoms. The maximum Gasteiger partial charge on any atom is 0.339 e. The lowest BCUT2D eigenvalue weighted by molar-refractivity contribution is 0.0463. The number of benzene rings is 2. The molecule has 0 saturated carbocycles. The molecule has 5 nitrogen and oxygen atoms in total. The van der Waals surface area contributed by atoms with Crippen LogP contribution in [0.3, 0.4) is 0 Å². The third kappa shape index (κ3) is 3.72. The highest BCUT2D eigenvalue weighted by molar-refractivity contribution is 14.1. The largest absolute Gasteiger partial charge is 0.507 e. The zero-order valence-electron chi connectivity index (χ0n) is 10.7. The van der Waals surface area contributed by atoms with Gasteiger partial charge in [-0.25, -0.2) is 9.59 Å². The summed E-state index contributed by atoms with van der Waals surface area (Å²) in [7, 11) is 0. The van der Waals surface area contributed by atoms with E-state index in [2.05, 4.69) is 0 Å². The van der Waals surface area contributed by atoms with Crippen molar-refractivity contribution in [1.29, 1.82) is 0 Å². The summed E-state index contributed by atoms with van der Waals surface area (Å²) in [6.07, 6.45) is 0. The van der Waals surface area contributed by atoms with Gasteiger partial charge in [0, 0.05) is 0 Å². The number of phenols is 1. The third-order valence-corrected chi connectivity index (χ3v) is 3.62. The molecular formula is C15H11IO5. The maximum atomic E-state index is 12.0. The zero-order chi connectivity index (χ0) is 15.4. The second kappa shape index (κ2) is 6.57. The predicted octanol–water partition coefficient (Wildman–Crippen LogP) is 3.05. The molecule has 0 aliphatic rings. The third-order valence-electron chi connectivity index (χ3n) is 2.76. The summed E-state index contributed by atoms with van der Waals surface area (Å²) in [5.41, 5.74) is 0.625. The summed E-state index contributed by atoms with van der Waals surface area (Å²) >= 11 is 1.96. The predicted molar refractivity (Wildman–Crippen MR) is 83.3 cm³/mol. The molecule has 0 amide bonds. The van der Waals surface area contributed by atoms with Gasteiger partial charge in [0.2, 0.25) is 0 Å². The van der Waals surface area contributed by atoms with Crippen LogP contribution >= 0.6 is 22.6 Å². The normalized spacial score (nSPS) is 10.1. The second-order valence-corrected chi connectivity index (χ2v) is 5.37. The van der Waals surface area contributed by atoms with Gasteiger partial charge in [-0.05, 0) is 52.4 Å². The van der Waals surface area contributed by atoms with Crippen molar-refractivity contribution in [2.75, 3.05) is 0 Å². The number of phenolic OH excluding ortho intramolecular Hbond substituents is 1. The van der Waals surface area contributed by atoms with Gasteiger partial charge in [-0.15, -0.1) is 0 Å². The Bertz CT molecular complexity index is 696. The minimum absolute atomic E-state index is 0.00304. The Hall–Kier alpha value is -2.09. The monoisotopic (exact) mass is 398 g/mol. The van der Waals surface area contributed by atoms with Crippen LogP contribution in [0.2, 0.25) is 0 Å². The van der Waals surface area contributed by atoms with E-state index in [1.807, 2.05) is 22.6 Å². The number of aromatic carboxylic acids is 1. The molecule has 0 saturated heterocycles. The molecule has 2 N–H and O–H groups in total. The number of aromatic hydroxyl groups is 1. The first kappa shape index (κ1) is 15.3. The molecule has 21 heavy (non-hydrogen) atoms. The molecule has 2 aromatic rings. The highest BCUT2D eigenvalue weighted by atomic mass is 127. The van der Waals surface area contributed by atoms with Crippen molar-refractivity contribution in [2.45, 2.75) is 6.61 Å². The van der Waals surface area contributed by atoms with Crippen LogP contribution < -0.4 is 0 Å². The average Bonchev–Trinajstić information content (AvgIpc) is 2.48. The Morgan fingerprint density at radius 3 is 2.38 bits per heavy atom. The van der Waals surface area contributed by atoms with Crippen LogP contribution in [0.25, 0.3) is 0 Å². The van der Waals surface area contributed by atoms with E-state index in [0.29, 0.717) is 9.13 Å². The van der Waals surface area contributed by atoms with Gasteiger partial charge in [0.25, 0.3) is 0 Å². The maximum absolute atomic E-state index is 12.0. The topological polar surface area (TPSA) is 83.8 Å². The van der Waals surface area contributed by atoms with Crippen molar-refractivity contribution < 1.29 is 24.5 Å². The van der Waals surface area contributed by atoms with Crippen LogP contribution in [0, 0.1) is 3.57 Å². The van der Waals surface area contributed by atoms with E-state index in [9.17, 15) is 14.7 Å². The zero-order valence-corrected chi connectivity index (χ0v) is 12.9. The molecular weight excluding hydrogens is 387 g/mol. The van der Waals surface area contributed by atoms with Gasteiger partial charge in [-0.3, -0.25) is 0 Å². The first-order valence-electron chi connectivity index (χ1n) is 5.96. The fourth-order valence-electron chi connectivity index (χ4n) is 1.71. The summed E-state index contributed by atoms with van der Waals surface area (Å²) in [5.74, 6) is -1.72. The average molecular weight is 398 g/mol. The Morgan fingerprint density at radius 1 is 1.10 bits per heavy atom. The number of hydrogen-bond acceptors (Lipinski definition) is 4. The van der Waals surface area contributed by atoms with Gasteiger partial charge < -0.3 is 14.9 Å². The molecule has 0 radical (unpaired) electrons. The lowest BCUT2D eigenvalue weighted by Gasteiger charge is -2.08. The molecule has 0 fully saturated rings. The smallest absolute Gasteiger partial charge is 0.339 e. The van der Waals surface area contributed by atoms with E-state index in [4.69, 9.17) is 9.84 Å². The molecule has 2 aromatic carbocycles. The number of rotatable bonds is 4. The summed E-state index contributed by atoms with van der Waals surface area (Å²) in [5, 5.41) is 18.4. The number of carboxylic acid groups (broad SMARTS) is 1. The van der Waals surface area contributed by atoms with Gasteiger partial charge in [-0.1, -0.05) is 18.2 Å². The molecule has 0 atom stereocenters. The summed E-state index contributed by atoms with van der Waals surface area (Å²) in [6.45, 7) is 0.00304. The molecule has 0 aliphatic carbocycles. The highest BCUT2D eigenvalue weighted by Gasteiger charge is 2.17. The lowest BCUT2D eigenvalue weighted by Crippen LogP contribution is -2.11. The van der Waals surface area contributed by atoms with E-state index >= 15 is 0 Å². The molecule has 0 aliphatic heterocycles. The van der Waals surface area contributed by atoms with Crippen LogP contribution in [0.5, 0.6) is 5.75 Å². The number of ether oxygens (including phenoxy) is 1. The Morgan fingerprint density at radius 2 is 1.76 bits per heavy atom. The second-order valence-electron chi connectivity index (χ2n) is 4.21. The summed E-state index contributed by atoms with van der Waals surface area (Å²) in [4.78, 5) is 23.0. The van der Waals surface area contributed by atoms with Crippen LogP contribution in [-0.4, -0.2) is 22.2 Å². The number of carboxylic acids is 1. The SMILES string of the molecule is O=C(O)c1ccccc1C(=O)OCc1ccc(O)c(I)c1. The number of carbonyl (C=O) groups excluding carboxylic acids is 1. The van der Waals surface area contributed by atoms with E-state index in [1.54, 1.807) is 24.3 Å². The van der Waals surface area contributed by atoms with E-state index in [1.165, 1.54) is 18.2 Å². The minimum atomic E-state index is -1.18. The van der Waals surface area contributed by atoms with Gasteiger partial charge in [0.1, 0.15) is 12.4 Å².